The van der Waals surface area contributed by atoms with Gasteiger partial charge < -0.3 is 0 Å². The van der Waals surface area contributed by atoms with Gasteiger partial charge in [-0.1, -0.05) is 0 Å². The summed E-state index contributed by atoms with van der Waals surface area (Å²) >= 11 is 3.92. The highest BCUT2D eigenvalue weighted by molar-refractivity contribution is 7.80. The number of hydrogen-bond donors (Lipinski definition) is 1. The van der Waals surface area contributed by atoms with Gasteiger partial charge in [-0.3, -0.25) is 4.79 Å². The van der Waals surface area contributed by atoms with Gasteiger partial charge in [0.25, 0.3) is 0 Å². The van der Waals surface area contributed by atoms with Gasteiger partial charge in [0.2, 0.25) is 0 Å². The van der Waals surface area contributed by atoms with Gasteiger partial charge in [0.15, 0.2) is 0 Å². The summed E-state index contributed by atoms with van der Waals surface area (Å²) in [5.41, 5.74) is 0. The Kier molecular flexibility index (Phi) is 4.20. The van der Waals surface area contributed by atoms with Gasteiger partial charge in [0, 0.05) is 13.3 Å². The molecule has 41 valence electrons. The van der Waals surface area contributed by atoms with Crippen molar-refractivity contribution in [2.75, 3.05) is 5.75 Å². The molecule has 0 aromatic carbocycles. The second-order valence-electron chi connectivity index (χ2n) is 1.37. The predicted molar refractivity (Wildman–Crippen MR) is 33.5 cm³/mol. The molecule has 0 aliphatic carbocycles. The number of rotatable bonds is 3. The summed E-state index contributed by atoms with van der Waals surface area (Å²) in [7, 11) is 0. The van der Waals surface area contributed by atoms with Crippen molar-refractivity contribution in [3.05, 3.63) is 6.92 Å². The summed E-state index contributed by atoms with van der Waals surface area (Å²) in [6, 6.07) is 0. The Labute approximate surface area is 49.5 Å². The van der Waals surface area contributed by atoms with Gasteiger partial charge in [-0.25, -0.2) is 0 Å². The first-order chi connectivity index (χ1) is 3.27. The molecule has 0 aliphatic heterocycles. The quantitative estimate of drug-likeness (QED) is 0.548. The maximum absolute atomic E-state index is 10.1. The van der Waals surface area contributed by atoms with E-state index in [0.29, 0.717) is 6.42 Å². The molecule has 0 aliphatic rings. The number of carbonyl (C=O) groups is 1. The molecular weight excluding hydrogens is 108 g/mol. The molecule has 0 N–H and O–H groups in total. The fourth-order valence-corrected chi connectivity index (χ4v) is 0.434. The standard InChI is InChI=1S/C5H9OS/c1-5(6)3-2-4-7/h7H,1-4H2. The monoisotopic (exact) mass is 117 g/mol. The van der Waals surface area contributed by atoms with Crippen LogP contribution >= 0.6 is 12.6 Å². The Morgan fingerprint density at radius 2 is 2.29 bits per heavy atom. The van der Waals surface area contributed by atoms with Crippen molar-refractivity contribution in [3.63, 3.8) is 0 Å². The van der Waals surface area contributed by atoms with Crippen molar-refractivity contribution in [1.29, 1.82) is 0 Å². The topological polar surface area (TPSA) is 17.1 Å². The lowest BCUT2D eigenvalue weighted by Crippen LogP contribution is -1.89. The molecule has 0 unspecified atom stereocenters. The van der Waals surface area contributed by atoms with Crippen molar-refractivity contribution in [2.45, 2.75) is 12.8 Å². The van der Waals surface area contributed by atoms with E-state index in [-0.39, 0.29) is 5.78 Å². The Morgan fingerprint density at radius 1 is 1.71 bits per heavy atom. The number of thiol groups is 1. The van der Waals surface area contributed by atoms with E-state index in [1.165, 1.54) is 0 Å². The molecule has 2 heteroatoms. The summed E-state index contributed by atoms with van der Waals surface area (Å²) < 4.78 is 0. The zero-order valence-corrected chi connectivity index (χ0v) is 5.08. The van der Waals surface area contributed by atoms with Gasteiger partial charge in [-0.2, -0.15) is 12.6 Å². The molecule has 1 nitrogen and oxygen atoms in total. The van der Waals surface area contributed by atoms with Crippen LogP contribution in [0.3, 0.4) is 0 Å². The van der Waals surface area contributed by atoms with E-state index in [1.54, 1.807) is 0 Å². The van der Waals surface area contributed by atoms with E-state index in [1.807, 2.05) is 0 Å². The van der Waals surface area contributed by atoms with Crippen LogP contribution in [0.2, 0.25) is 0 Å². The fourth-order valence-electron chi connectivity index (χ4n) is 0.276. The Balaban J connectivity index is 2.82. The van der Waals surface area contributed by atoms with Crippen LogP contribution in [0.5, 0.6) is 0 Å². The molecule has 0 bridgehead atoms. The number of ketones is 1. The minimum absolute atomic E-state index is 0.00838. The maximum atomic E-state index is 10.1. The highest BCUT2D eigenvalue weighted by Crippen LogP contribution is 1.90. The van der Waals surface area contributed by atoms with Crippen LogP contribution in [0.4, 0.5) is 0 Å². The first-order valence-electron chi connectivity index (χ1n) is 2.23. The minimum atomic E-state index is 0.00838. The van der Waals surface area contributed by atoms with Gasteiger partial charge in [-0.15, -0.1) is 0 Å². The van der Waals surface area contributed by atoms with Crippen LogP contribution in [0.25, 0.3) is 0 Å². The van der Waals surface area contributed by atoms with Crippen LogP contribution in [0.15, 0.2) is 0 Å². The van der Waals surface area contributed by atoms with Gasteiger partial charge >= 0.3 is 0 Å². The van der Waals surface area contributed by atoms with Gasteiger partial charge in [0.05, 0.1) is 0 Å². The van der Waals surface area contributed by atoms with Gasteiger partial charge in [-0.05, 0) is 12.2 Å². The van der Waals surface area contributed by atoms with Crippen LogP contribution in [-0.2, 0) is 4.79 Å². The SMILES string of the molecule is [CH2]C(=O)CCCS. The van der Waals surface area contributed by atoms with E-state index in [2.05, 4.69) is 19.6 Å². The molecule has 0 fully saturated rings. The molecule has 1 radical (unpaired) electrons. The van der Waals surface area contributed by atoms with Crippen LogP contribution in [-0.4, -0.2) is 11.5 Å². The molecule has 0 heterocycles. The smallest absolute Gasteiger partial charge is 0.133 e. The number of hydrogen-bond acceptors (Lipinski definition) is 2. The largest absolute Gasteiger partial charge is 0.300 e. The van der Waals surface area contributed by atoms with Crippen LogP contribution < -0.4 is 0 Å². The molecule has 0 amide bonds. The Hall–Kier alpha value is 0.0200. The minimum Gasteiger partial charge on any atom is -0.300 e. The summed E-state index contributed by atoms with van der Waals surface area (Å²) in [4.78, 5) is 10.1. The molecule has 0 rings (SSSR count). The van der Waals surface area contributed by atoms with Gasteiger partial charge in [0.1, 0.15) is 5.78 Å². The molecule has 0 aromatic heterocycles. The van der Waals surface area contributed by atoms with Crippen LogP contribution in [0.1, 0.15) is 12.8 Å². The second-order valence-corrected chi connectivity index (χ2v) is 1.81. The zero-order chi connectivity index (χ0) is 5.70. The summed E-state index contributed by atoms with van der Waals surface area (Å²) in [6.45, 7) is 3.20. The molecule has 0 atom stereocenters. The Morgan fingerprint density at radius 3 is 2.43 bits per heavy atom. The predicted octanol–water partition coefficient (Wildman–Crippen LogP) is 1.10. The van der Waals surface area contributed by atoms with E-state index in [4.69, 9.17) is 0 Å². The van der Waals surface area contributed by atoms with E-state index >= 15 is 0 Å². The molecule has 0 spiro atoms. The summed E-state index contributed by atoms with van der Waals surface area (Å²) in [5.74, 6) is 0.787. The van der Waals surface area contributed by atoms with E-state index < -0.39 is 0 Å². The lowest BCUT2D eigenvalue weighted by molar-refractivity contribution is -0.114. The molecule has 0 saturated carbocycles. The molecular formula is C5H9OS. The van der Waals surface area contributed by atoms with E-state index in [0.717, 1.165) is 12.2 Å². The van der Waals surface area contributed by atoms with Crippen molar-refractivity contribution >= 4 is 18.4 Å². The zero-order valence-electron chi connectivity index (χ0n) is 4.18. The maximum Gasteiger partial charge on any atom is 0.133 e. The normalized spacial score (nSPS) is 8.86. The van der Waals surface area contributed by atoms with Crippen molar-refractivity contribution < 1.29 is 4.79 Å². The molecule has 7 heavy (non-hydrogen) atoms. The number of Topliss-reactive ketones (excluding diaryl/α,β-unsaturated/α-hetero) is 1. The Bertz CT molecular complexity index is 61.1. The van der Waals surface area contributed by atoms with E-state index in [9.17, 15) is 4.79 Å². The van der Waals surface area contributed by atoms with Crippen LogP contribution in [0, 0.1) is 6.92 Å². The first kappa shape index (κ1) is 7.02. The summed E-state index contributed by atoms with van der Waals surface area (Å²) in [6.07, 6.45) is 1.43. The average Bonchev–Trinajstić information content (AvgIpc) is 1.61. The van der Waals surface area contributed by atoms with Crippen molar-refractivity contribution in [3.8, 4) is 0 Å². The average molecular weight is 117 g/mol. The molecule has 0 aromatic rings. The third kappa shape index (κ3) is 6.02. The lowest BCUT2D eigenvalue weighted by atomic mass is 10.3. The van der Waals surface area contributed by atoms with Crippen molar-refractivity contribution in [1.82, 2.24) is 0 Å². The first-order valence-corrected chi connectivity index (χ1v) is 2.86. The third-order valence-electron chi connectivity index (χ3n) is 0.614. The lowest BCUT2D eigenvalue weighted by Gasteiger charge is -1.86. The highest BCUT2D eigenvalue weighted by atomic mass is 32.1. The summed E-state index contributed by atoms with van der Waals surface area (Å²) in [5, 5.41) is 0. The number of carbonyl (C=O) groups excluding carboxylic acids is 1. The second kappa shape index (κ2) is 4.19. The molecule has 0 saturated heterocycles. The van der Waals surface area contributed by atoms with Crippen molar-refractivity contribution in [2.24, 2.45) is 0 Å². The highest BCUT2D eigenvalue weighted by Gasteiger charge is 1.88. The fraction of sp³-hybridized carbons (Fsp3) is 0.600. The third-order valence-corrected chi connectivity index (χ3v) is 0.930.